The van der Waals surface area contributed by atoms with Crippen LogP contribution in [0.4, 0.5) is 4.39 Å². The fraction of sp³-hybridized carbons (Fsp3) is 0.643. The number of aromatic nitrogens is 1. The summed E-state index contributed by atoms with van der Waals surface area (Å²) in [6.07, 6.45) is 8.21. The summed E-state index contributed by atoms with van der Waals surface area (Å²) in [5, 5.41) is 0.992. The lowest BCUT2D eigenvalue weighted by atomic mass is 9.79. The molecule has 1 aromatic carbocycles. The average Bonchev–Trinajstić information content (AvgIpc) is 4.00. The van der Waals surface area contributed by atoms with Crippen molar-refractivity contribution >= 4 is 44.4 Å². The van der Waals surface area contributed by atoms with Crippen molar-refractivity contribution in [2.45, 2.75) is 128 Å². The molecule has 1 N–H and O–H groups in total. The van der Waals surface area contributed by atoms with Gasteiger partial charge in [0, 0.05) is 24.4 Å². The van der Waals surface area contributed by atoms with Crippen molar-refractivity contribution in [1.29, 1.82) is 0 Å². The first-order valence-electron chi connectivity index (χ1n) is 19.9. The molecule has 0 radical (unpaired) electrons. The number of sulfonamides is 1. The Hall–Kier alpha value is -4.07. The van der Waals surface area contributed by atoms with Gasteiger partial charge < -0.3 is 19.1 Å². The van der Waals surface area contributed by atoms with E-state index in [0.717, 1.165) is 6.42 Å². The second-order valence-electron chi connectivity index (χ2n) is 17.7. The molecule has 7 atom stereocenters. The number of nitrogens with one attached hydrogen (secondary N) is 1. The highest BCUT2D eigenvalue weighted by atomic mass is 32.2. The van der Waals surface area contributed by atoms with Gasteiger partial charge in [-0.2, -0.15) is 0 Å². The molecule has 2 aliphatic heterocycles. The average molecular weight is 798 g/mol. The van der Waals surface area contributed by atoms with Crippen LogP contribution in [0.3, 0.4) is 0 Å². The molecule has 2 saturated carbocycles. The normalized spacial score (nSPS) is 30.0. The zero-order chi connectivity index (χ0) is 40.8. The van der Waals surface area contributed by atoms with E-state index in [2.05, 4.69) is 16.6 Å². The number of nitrogens with zero attached hydrogens (tertiary/aromatic N) is 2. The highest BCUT2D eigenvalue weighted by Crippen LogP contribution is 2.58. The molecule has 4 aliphatic rings. The molecule has 3 heterocycles. The molecule has 14 heteroatoms. The van der Waals surface area contributed by atoms with Crippen LogP contribution in [0, 0.1) is 34.9 Å². The third-order valence-electron chi connectivity index (χ3n) is 12.2. The second kappa shape index (κ2) is 15.7. The molecule has 1 saturated heterocycles. The van der Waals surface area contributed by atoms with Crippen LogP contribution in [-0.4, -0.2) is 78.0 Å². The third-order valence-corrected chi connectivity index (χ3v) is 14.4. The van der Waals surface area contributed by atoms with Crippen LogP contribution in [0.2, 0.25) is 0 Å². The highest BCUT2D eigenvalue weighted by molar-refractivity contribution is 7.91. The zero-order valence-electron chi connectivity index (χ0n) is 33.6. The SMILES string of the molecule is CC[C@@H]1C[C@H](C)CC/C=C\[C@@H]2C[C@@]2(C(=O)NS(=O)(=O)C2(C)CC2)CC(=O)[C@@H]2C[C@@H](Oc3nccc4cc(OC)c(F)cc34)CN2C(=O)[C@H]1CC(=O)OC(C)(C)C. The predicted octanol–water partition coefficient (Wildman–Crippen LogP) is 6.45. The maximum Gasteiger partial charge on any atom is 0.307 e. The summed E-state index contributed by atoms with van der Waals surface area (Å²) in [6.45, 7) is 11.0. The molecule has 2 aromatic rings. The first-order valence-corrected chi connectivity index (χ1v) is 21.4. The topological polar surface area (TPSA) is 158 Å². The van der Waals surface area contributed by atoms with Gasteiger partial charge in [0.05, 0.1) is 42.2 Å². The Labute approximate surface area is 329 Å². The molecule has 306 valence electrons. The molecule has 6 rings (SSSR count). The molecule has 56 heavy (non-hydrogen) atoms. The maximum atomic E-state index is 15.0. The Morgan fingerprint density at radius 2 is 1.88 bits per heavy atom. The predicted molar refractivity (Wildman–Crippen MR) is 208 cm³/mol. The minimum atomic E-state index is -3.98. The van der Waals surface area contributed by atoms with E-state index in [0.29, 0.717) is 42.9 Å². The van der Waals surface area contributed by atoms with E-state index in [1.54, 1.807) is 33.8 Å². The Kier molecular flexibility index (Phi) is 11.7. The van der Waals surface area contributed by atoms with Gasteiger partial charge in [0.2, 0.25) is 27.7 Å². The van der Waals surface area contributed by atoms with Crippen molar-refractivity contribution in [3.8, 4) is 11.6 Å². The minimum Gasteiger partial charge on any atom is -0.494 e. The lowest BCUT2D eigenvalue weighted by molar-refractivity contribution is -0.160. The van der Waals surface area contributed by atoms with E-state index < -0.39 is 67.3 Å². The van der Waals surface area contributed by atoms with Gasteiger partial charge >= 0.3 is 5.97 Å². The standard InChI is InChI=1S/C42H56FN3O9S/c1-8-26-17-25(2)11-9-10-12-28-22-42(28,39(50)45-56(51,52)41(6)14-15-41)23-34(47)33-19-29(24-46(33)38(49)31(26)21-36(48)55-40(3,4)5)54-37-30-20-32(43)35(53-7)18-27(30)13-16-44-37/h10,12-13,16,18,20,25-26,28-29,31,33H,8-9,11,14-15,17,19,21-24H2,1-7H3,(H,45,50)/b12-10-/t25-,26-,28-,29-,31+,33+,42-/m1/s1. The monoisotopic (exact) mass is 797 g/mol. The molecular formula is C42H56FN3O9S. The molecule has 2 amide bonds. The van der Waals surface area contributed by atoms with Crippen LogP contribution in [0.5, 0.6) is 11.6 Å². The van der Waals surface area contributed by atoms with Crippen molar-refractivity contribution < 1.29 is 46.2 Å². The van der Waals surface area contributed by atoms with Gasteiger partial charge in [-0.15, -0.1) is 0 Å². The summed E-state index contributed by atoms with van der Waals surface area (Å²) < 4.78 is 59.9. The molecule has 2 aliphatic carbocycles. The molecule has 1 aromatic heterocycles. The number of esters is 1. The number of benzene rings is 1. The number of ketones is 1. The number of amides is 2. The maximum absolute atomic E-state index is 15.0. The van der Waals surface area contributed by atoms with E-state index in [-0.39, 0.29) is 67.5 Å². The van der Waals surface area contributed by atoms with Crippen LogP contribution in [0.1, 0.15) is 106 Å². The Morgan fingerprint density at radius 3 is 2.54 bits per heavy atom. The number of carbonyl (C=O) groups excluding carboxylic acids is 4. The fourth-order valence-corrected chi connectivity index (χ4v) is 9.79. The number of Topliss-reactive ketones (excluding diaryl/α,β-unsaturated/α-hetero) is 1. The Bertz CT molecular complexity index is 2010. The summed E-state index contributed by atoms with van der Waals surface area (Å²) >= 11 is 0. The lowest BCUT2D eigenvalue weighted by Crippen LogP contribution is -2.48. The smallest absolute Gasteiger partial charge is 0.307 e. The Balaban J connectivity index is 1.37. The first-order chi connectivity index (χ1) is 26.3. The van der Waals surface area contributed by atoms with Gasteiger partial charge in [-0.1, -0.05) is 32.4 Å². The van der Waals surface area contributed by atoms with Crippen molar-refractivity contribution in [2.24, 2.45) is 29.1 Å². The van der Waals surface area contributed by atoms with Crippen LogP contribution >= 0.6 is 0 Å². The van der Waals surface area contributed by atoms with E-state index in [9.17, 15) is 32.0 Å². The first kappa shape index (κ1) is 41.6. The number of ether oxygens (including phenoxy) is 3. The van der Waals surface area contributed by atoms with E-state index in [1.807, 2.05) is 19.1 Å². The number of methoxy groups -OCH3 is 1. The quantitative estimate of drug-likeness (QED) is 0.221. The molecule has 12 nitrogen and oxygen atoms in total. The van der Waals surface area contributed by atoms with E-state index >= 15 is 0 Å². The van der Waals surface area contributed by atoms with Crippen LogP contribution in [0.15, 0.2) is 36.5 Å². The van der Waals surface area contributed by atoms with Gasteiger partial charge in [0.25, 0.3) is 0 Å². The second-order valence-corrected chi connectivity index (χ2v) is 19.9. The summed E-state index contributed by atoms with van der Waals surface area (Å²) in [5.41, 5.74) is -2.08. The molecular weight excluding hydrogens is 742 g/mol. The number of fused-ring (bicyclic) bond motifs is 3. The summed E-state index contributed by atoms with van der Waals surface area (Å²) in [4.78, 5) is 62.9. The van der Waals surface area contributed by atoms with Gasteiger partial charge in [0.15, 0.2) is 17.3 Å². The highest BCUT2D eigenvalue weighted by Gasteiger charge is 2.62. The van der Waals surface area contributed by atoms with Gasteiger partial charge in [-0.25, -0.2) is 17.8 Å². The fourth-order valence-electron chi connectivity index (χ4n) is 8.46. The largest absolute Gasteiger partial charge is 0.494 e. The number of halogens is 1. The van der Waals surface area contributed by atoms with Gasteiger partial charge in [0.1, 0.15) is 11.7 Å². The zero-order valence-corrected chi connectivity index (χ0v) is 34.4. The molecule has 3 fully saturated rings. The molecule has 0 bridgehead atoms. The third kappa shape index (κ3) is 8.74. The number of hydrogen-bond donors (Lipinski definition) is 1. The van der Waals surface area contributed by atoms with E-state index in [4.69, 9.17) is 14.2 Å². The minimum absolute atomic E-state index is 0.0297. The van der Waals surface area contributed by atoms with Gasteiger partial charge in [-0.3, -0.25) is 23.9 Å². The van der Waals surface area contributed by atoms with Crippen molar-refractivity contribution in [3.05, 3.63) is 42.4 Å². The van der Waals surface area contributed by atoms with Gasteiger partial charge in [-0.05, 0) is 108 Å². The number of hydrogen-bond acceptors (Lipinski definition) is 10. The van der Waals surface area contributed by atoms with Crippen LogP contribution < -0.4 is 14.2 Å². The van der Waals surface area contributed by atoms with Crippen LogP contribution in [-0.2, 0) is 33.9 Å². The summed E-state index contributed by atoms with van der Waals surface area (Å²) in [7, 11) is -2.61. The van der Waals surface area contributed by atoms with Crippen LogP contribution in [0.25, 0.3) is 10.8 Å². The van der Waals surface area contributed by atoms with Crippen molar-refractivity contribution in [1.82, 2.24) is 14.6 Å². The summed E-state index contributed by atoms with van der Waals surface area (Å²) in [6, 6.07) is 3.45. The lowest BCUT2D eigenvalue weighted by Gasteiger charge is -2.33. The molecule has 0 spiro atoms. The van der Waals surface area contributed by atoms with Crippen molar-refractivity contribution in [2.75, 3.05) is 13.7 Å². The van der Waals surface area contributed by atoms with E-state index in [1.165, 1.54) is 30.3 Å². The number of pyridine rings is 1. The Morgan fingerprint density at radius 1 is 1.14 bits per heavy atom. The molecule has 0 unspecified atom stereocenters. The number of allylic oxidation sites excluding steroid dienone is 2. The van der Waals surface area contributed by atoms with Crippen molar-refractivity contribution in [3.63, 3.8) is 0 Å². The summed E-state index contributed by atoms with van der Waals surface area (Å²) in [5.74, 6) is -3.64. The number of carbonyl (C=O) groups is 4. The number of rotatable bonds is 9.